The van der Waals surface area contributed by atoms with Gasteiger partial charge in [0.05, 0.1) is 12.6 Å². The van der Waals surface area contributed by atoms with E-state index in [1.54, 1.807) is 13.0 Å². The average Bonchev–Trinajstić information content (AvgIpc) is 3.15. The number of carbonyl (C=O) groups excluding carboxylic acids is 3. The normalized spacial score (nSPS) is 46.9. The molecule has 188 valence electrons. The topological polar surface area (TPSA) is 104 Å². The summed E-state index contributed by atoms with van der Waals surface area (Å²) in [6.07, 6.45) is 5.84. The molecular formula is C27H39NO6. The number of hydrogen-bond acceptors (Lipinski definition) is 7. The molecule has 0 unspecified atom stereocenters. The monoisotopic (exact) mass is 483 g/mol. The third-order valence-corrected chi connectivity index (χ3v) is 9.03. The fourth-order valence-electron chi connectivity index (χ4n) is 7.34. The maximum Gasteiger partial charge on any atom is 0.320 e. The second-order valence-electron chi connectivity index (χ2n) is 10.5. The van der Waals surface area contributed by atoms with E-state index in [2.05, 4.69) is 0 Å². The zero-order valence-corrected chi connectivity index (χ0v) is 19.5. The lowest BCUT2D eigenvalue weighted by Crippen LogP contribution is -2.61. The lowest BCUT2D eigenvalue weighted by molar-refractivity contribution is -0.181. The highest BCUT2D eigenvalue weighted by Crippen LogP contribution is 2.67. The Hall–Kier alpha value is -1.83. The van der Waals surface area contributed by atoms with Gasteiger partial charge in [0.15, 0.2) is 12.4 Å². The highest BCUT2D eigenvalue weighted by atomic mass is 16.5. The van der Waals surface area contributed by atoms with Crippen molar-refractivity contribution in [2.24, 2.45) is 28.6 Å². The highest BCUT2D eigenvalue weighted by molar-refractivity contribution is 6.01. The van der Waals surface area contributed by atoms with Crippen molar-refractivity contribution in [2.45, 2.75) is 71.4 Å². The van der Waals surface area contributed by atoms with Crippen LogP contribution in [0, 0.1) is 28.6 Å². The van der Waals surface area contributed by atoms with Gasteiger partial charge in [-0.1, -0.05) is 39.2 Å². The molecule has 4 aliphatic rings. The van der Waals surface area contributed by atoms with Gasteiger partial charge in [-0.25, -0.2) is 0 Å². The van der Waals surface area contributed by atoms with Gasteiger partial charge >= 0.3 is 5.97 Å². The SMILES string of the molecule is [2H]C([2H])([2H])C([2H])([2H])N(CC(=O)OCC(=O)[C@@]1(O)CC[C@H]2[C@@H]3CCC4=CC(=O)C=C[C@]4(C)[C@H]3[C@@H](O)C[C@@]21C)C([2H])([2H])C([2H])([2H])[2H]. The second-order valence-corrected chi connectivity index (χ2v) is 10.5. The van der Waals surface area contributed by atoms with Crippen LogP contribution < -0.4 is 0 Å². The lowest BCUT2D eigenvalue weighted by Gasteiger charge is -2.59. The quantitative estimate of drug-likeness (QED) is 0.536. The molecule has 4 aliphatic carbocycles. The first-order valence-electron chi connectivity index (χ1n) is 16.7. The number of carbonyl (C=O) groups is 3. The Morgan fingerprint density at radius 1 is 1.29 bits per heavy atom. The smallest absolute Gasteiger partial charge is 0.320 e. The predicted molar refractivity (Wildman–Crippen MR) is 127 cm³/mol. The largest absolute Gasteiger partial charge is 0.457 e. The van der Waals surface area contributed by atoms with Gasteiger partial charge in [0, 0.05) is 30.5 Å². The zero-order valence-electron chi connectivity index (χ0n) is 29.5. The molecule has 0 aliphatic heterocycles. The van der Waals surface area contributed by atoms with Crippen LogP contribution in [0.3, 0.4) is 0 Å². The molecular weight excluding hydrogens is 434 g/mol. The summed E-state index contributed by atoms with van der Waals surface area (Å²) in [5.41, 5.74) is -2.72. The third kappa shape index (κ3) is 3.80. The summed E-state index contributed by atoms with van der Waals surface area (Å²) in [7, 11) is 0. The number of likely N-dealkylation sites (N-methyl/N-ethyl adjacent to an activating group) is 1. The number of allylic oxidation sites excluding steroid dienone is 4. The lowest BCUT2D eigenvalue weighted by atomic mass is 9.46. The van der Waals surface area contributed by atoms with Crippen LogP contribution in [0.25, 0.3) is 0 Å². The molecule has 0 aromatic heterocycles. The number of ketones is 2. The van der Waals surface area contributed by atoms with Crippen LogP contribution in [0.5, 0.6) is 0 Å². The average molecular weight is 484 g/mol. The van der Waals surface area contributed by atoms with Gasteiger partial charge in [0.25, 0.3) is 0 Å². The summed E-state index contributed by atoms with van der Waals surface area (Å²) in [5, 5.41) is 23.3. The van der Waals surface area contributed by atoms with Crippen LogP contribution in [0.4, 0.5) is 0 Å². The number of esters is 1. The molecule has 7 atom stereocenters. The van der Waals surface area contributed by atoms with Crippen molar-refractivity contribution < 1.29 is 43.0 Å². The molecule has 0 bridgehead atoms. The minimum atomic E-state index is -3.61. The maximum absolute atomic E-state index is 13.5. The Labute approximate surface area is 216 Å². The molecule has 3 saturated carbocycles. The van der Waals surface area contributed by atoms with E-state index in [1.807, 2.05) is 13.0 Å². The van der Waals surface area contributed by atoms with Crippen molar-refractivity contribution in [3.05, 3.63) is 23.8 Å². The molecule has 0 heterocycles. The number of aliphatic hydroxyl groups excluding tert-OH is 1. The Balaban J connectivity index is 1.52. The number of aliphatic hydroxyl groups is 2. The maximum atomic E-state index is 13.5. The summed E-state index contributed by atoms with van der Waals surface area (Å²) < 4.78 is 81.4. The summed E-state index contributed by atoms with van der Waals surface area (Å²) in [5.74, 6) is -2.97. The van der Waals surface area contributed by atoms with E-state index in [9.17, 15) is 24.6 Å². The Morgan fingerprint density at radius 2 is 2.03 bits per heavy atom. The molecule has 0 amide bonds. The molecule has 0 radical (unpaired) electrons. The van der Waals surface area contributed by atoms with E-state index >= 15 is 0 Å². The molecule has 7 nitrogen and oxygen atoms in total. The van der Waals surface area contributed by atoms with Crippen molar-refractivity contribution in [2.75, 3.05) is 26.1 Å². The molecule has 3 fully saturated rings. The van der Waals surface area contributed by atoms with E-state index in [-0.39, 0.29) is 41.3 Å². The van der Waals surface area contributed by atoms with Crippen molar-refractivity contribution >= 4 is 17.5 Å². The number of nitrogens with zero attached hydrogens (tertiary/aromatic N) is 1. The number of fused-ring (bicyclic) bond motifs is 5. The van der Waals surface area contributed by atoms with Gasteiger partial charge in [-0.2, -0.15) is 0 Å². The first kappa shape index (κ1) is 15.3. The van der Waals surface area contributed by atoms with Gasteiger partial charge in [-0.05, 0) is 69.1 Å². The summed E-state index contributed by atoms with van der Waals surface area (Å²) in [6.45, 7) is -13.1. The van der Waals surface area contributed by atoms with E-state index in [1.165, 1.54) is 6.08 Å². The number of hydrogen-bond donors (Lipinski definition) is 2. The zero-order chi connectivity index (χ0) is 33.5. The molecule has 4 rings (SSSR count). The van der Waals surface area contributed by atoms with Crippen LogP contribution >= 0.6 is 0 Å². The summed E-state index contributed by atoms with van der Waals surface area (Å²) in [4.78, 5) is 38.0. The van der Waals surface area contributed by atoms with Crippen molar-refractivity contribution in [3.8, 4) is 0 Å². The van der Waals surface area contributed by atoms with Crippen molar-refractivity contribution in [1.29, 1.82) is 0 Å². The van der Waals surface area contributed by atoms with E-state index in [0.29, 0.717) is 19.3 Å². The highest BCUT2D eigenvalue weighted by Gasteiger charge is 2.68. The minimum absolute atomic E-state index is 0.0174. The van der Waals surface area contributed by atoms with E-state index in [0.717, 1.165) is 5.57 Å². The van der Waals surface area contributed by atoms with Crippen molar-refractivity contribution in [3.63, 3.8) is 0 Å². The second kappa shape index (κ2) is 8.99. The molecule has 0 aromatic rings. The van der Waals surface area contributed by atoms with E-state index < -0.39 is 74.1 Å². The van der Waals surface area contributed by atoms with Gasteiger partial charge in [-0.3, -0.25) is 19.3 Å². The van der Waals surface area contributed by atoms with Crippen LogP contribution in [0.2, 0.25) is 0 Å². The fraction of sp³-hybridized carbons (Fsp3) is 0.741. The summed E-state index contributed by atoms with van der Waals surface area (Å²) >= 11 is 0. The first-order valence-corrected chi connectivity index (χ1v) is 11.7. The number of Topliss-reactive ketones (excluding diaryl/α,β-unsaturated/α-hetero) is 1. The van der Waals surface area contributed by atoms with Crippen LogP contribution in [-0.2, 0) is 19.1 Å². The molecule has 2 N–H and O–H groups in total. The van der Waals surface area contributed by atoms with E-state index in [4.69, 9.17) is 18.4 Å². The summed E-state index contributed by atoms with van der Waals surface area (Å²) in [6, 6.07) is 0. The third-order valence-electron chi connectivity index (χ3n) is 9.03. The van der Waals surface area contributed by atoms with Crippen LogP contribution in [0.1, 0.15) is 73.4 Å². The fourth-order valence-corrected chi connectivity index (χ4v) is 7.34. The van der Waals surface area contributed by atoms with Crippen molar-refractivity contribution in [1.82, 2.24) is 4.90 Å². The molecule has 0 spiro atoms. The Kier molecular flexibility index (Phi) is 4.05. The standard InChI is InChI=1S/C27H39NO6/c1-5-28(6-2)15-23(32)34-16-22(31)27(33)12-10-20-19-8-7-17-13-18(29)9-11-25(17,3)24(19)21(30)14-26(20,27)4/h9,11,13,19-21,24,30,33H,5-8,10,12,14-16H2,1-4H3/t19-,20-,21-,24+,25-,26-,27-/m0/s1/i1D3,2D3,5D2,6D2. The molecule has 0 aromatic carbocycles. The first-order chi connectivity index (χ1) is 19.8. The van der Waals surface area contributed by atoms with Gasteiger partial charge in [-0.15, -0.1) is 0 Å². The predicted octanol–water partition coefficient (Wildman–Crippen LogP) is 2.45. The molecule has 7 heteroatoms. The number of ether oxygens (including phenoxy) is 1. The number of rotatable bonds is 7. The Morgan fingerprint density at radius 3 is 2.74 bits per heavy atom. The van der Waals surface area contributed by atoms with Gasteiger partial charge in [0.2, 0.25) is 5.78 Å². The molecule has 0 saturated heterocycles. The van der Waals surface area contributed by atoms with Gasteiger partial charge < -0.3 is 14.9 Å². The van der Waals surface area contributed by atoms with Crippen LogP contribution in [0.15, 0.2) is 23.8 Å². The minimum Gasteiger partial charge on any atom is -0.457 e. The molecule has 34 heavy (non-hydrogen) atoms. The Bertz CT molecular complexity index is 1250. The van der Waals surface area contributed by atoms with Gasteiger partial charge in [0.1, 0.15) is 5.60 Å². The van der Waals surface area contributed by atoms with Crippen LogP contribution in [-0.4, -0.2) is 70.5 Å².